The van der Waals surface area contributed by atoms with Gasteiger partial charge in [-0.2, -0.15) is 0 Å². The third-order valence-electron chi connectivity index (χ3n) is 10.2. The van der Waals surface area contributed by atoms with E-state index in [1.807, 2.05) is 32.9 Å². The van der Waals surface area contributed by atoms with Gasteiger partial charge in [0.05, 0.1) is 11.8 Å². The van der Waals surface area contributed by atoms with E-state index in [0.717, 1.165) is 42.0 Å². The highest BCUT2D eigenvalue weighted by Gasteiger charge is 2.62. The number of nitrogens with one attached hydrogen (secondary N) is 3. The minimum absolute atomic E-state index is 0.0390. The molecule has 1 saturated heterocycles. The van der Waals surface area contributed by atoms with Crippen LogP contribution in [0.4, 0.5) is 0 Å². The lowest BCUT2D eigenvalue weighted by atomic mass is 9.85. The van der Waals surface area contributed by atoms with E-state index in [2.05, 4.69) is 39.1 Å². The number of nitrogens with zero attached hydrogens (tertiary/aromatic N) is 2. The molecule has 1 unspecified atom stereocenters. The molecule has 4 aliphatic rings. The molecule has 1 aromatic heterocycles. The van der Waals surface area contributed by atoms with Crippen LogP contribution in [0.2, 0.25) is 0 Å². The van der Waals surface area contributed by atoms with E-state index in [9.17, 15) is 27.6 Å². The van der Waals surface area contributed by atoms with Crippen molar-refractivity contribution in [3.05, 3.63) is 48.7 Å². The van der Waals surface area contributed by atoms with Crippen LogP contribution < -0.4 is 20.1 Å². The zero-order valence-corrected chi connectivity index (χ0v) is 29.3. The number of aromatic nitrogens is 1. The molecule has 264 valence electrons. The first kappa shape index (κ1) is 34.8. The molecule has 6 rings (SSSR count). The van der Waals surface area contributed by atoms with Crippen molar-refractivity contribution in [2.45, 2.75) is 114 Å². The maximum Gasteiger partial charge on any atom is 0.259 e. The fourth-order valence-electron chi connectivity index (χ4n) is 7.01. The maximum absolute atomic E-state index is 14.4. The van der Waals surface area contributed by atoms with Gasteiger partial charge in [-0.05, 0) is 67.0 Å². The first-order chi connectivity index (χ1) is 23.2. The molecular weight excluding hydrogens is 646 g/mol. The van der Waals surface area contributed by atoms with E-state index in [-0.39, 0.29) is 31.7 Å². The Labute approximate surface area is 287 Å². The van der Waals surface area contributed by atoms with Crippen molar-refractivity contribution in [3.63, 3.8) is 0 Å². The number of hydrogen-bond acceptors (Lipinski definition) is 8. The number of hydrogen-bond donors (Lipinski definition) is 3. The Bertz CT molecular complexity index is 1770. The Balaban J connectivity index is 1.32. The largest absolute Gasteiger partial charge is 0.472 e. The van der Waals surface area contributed by atoms with Gasteiger partial charge in [0.2, 0.25) is 33.6 Å². The molecule has 5 atom stereocenters. The first-order valence-corrected chi connectivity index (χ1v) is 18.9. The number of pyridine rings is 1. The van der Waals surface area contributed by atoms with E-state index in [4.69, 9.17) is 4.74 Å². The predicted octanol–water partition coefficient (Wildman–Crippen LogP) is 3.29. The Hall–Kier alpha value is -4.00. The average Bonchev–Trinajstić information content (AvgIpc) is 3.97. The Morgan fingerprint density at radius 3 is 2.51 bits per heavy atom. The van der Waals surface area contributed by atoms with Crippen molar-refractivity contribution < 1.29 is 32.3 Å². The lowest BCUT2D eigenvalue weighted by Gasteiger charge is -2.35. The number of aryl methyl sites for hydroxylation is 1. The van der Waals surface area contributed by atoms with Gasteiger partial charge in [-0.1, -0.05) is 51.8 Å². The van der Waals surface area contributed by atoms with Crippen LogP contribution in [0, 0.1) is 11.3 Å². The van der Waals surface area contributed by atoms with Gasteiger partial charge in [-0.15, -0.1) is 6.58 Å². The summed E-state index contributed by atoms with van der Waals surface area (Å²) in [4.78, 5) is 61.2. The fourth-order valence-corrected chi connectivity index (χ4v) is 8.37. The van der Waals surface area contributed by atoms with Gasteiger partial charge < -0.3 is 20.3 Å². The highest BCUT2D eigenvalue weighted by Crippen LogP contribution is 2.45. The van der Waals surface area contributed by atoms with Crippen molar-refractivity contribution in [2.75, 3.05) is 6.54 Å². The molecule has 3 N–H and O–H groups in total. The molecule has 0 radical (unpaired) electrons. The van der Waals surface area contributed by atoms with Gasteiger partial charge in [0.25, 0.3) is 5.91 Å². The molecule has 2 saturated carbocycles. The average molecular weight is 694 g/mol. The number of fused-ring (bicyclic) bond motifs is 3. The summed E-state index contributed by atoms with van der Waals surface area (Å²) in [6, 6.07) is 6.12. The standard InChI is InChI=1S/C36H47N5O7S/c1-5-24-20-36(24,34(45)40-49(46,47)26-14-15-26)39-31(43)28-19-25-21-41(28)33(44)30(35(2,3)4)38-29(42)11-9-7-6-8-10-22-12-13-23-16-17-37-32(48-25)27(23)18-22/h5,12-13,16-18,24-26,28,30H,1,6-11,14-15,19-21H2,2-4H3,(H,38,42)(H,39,43)(H,40,45)/t24-,25-,28+,30-,36?/m1/s1. The highest BCUT2D eigenvalue weighted by atomic mass is 32.2. The van der Waals surface area contributed by atoms with Gasteiger partial charge in [0, 0.05) is 30.3 Å². The summed E-state index contributed by atoms with van der Waals surface area (Å²) in [6.45, 7) is 9.39. The lowest BCUT2D eigenvalue weighted by Crippen LogP contribution is -2.60. The second kappa shape index (κ2) is 13.4. The molecule has 2 aliphatic carbocycles. The van der Waals surface area contributed by atoms with Crippen molar-refractivity contribution in [2.24, 2.45) is 11.3 Å². The first-order valence-electron chi connectivity index (χ1n) is 17.4. The molecule has 4 bridgehead atoms. The van der Waals surface area contributed by atoms with Crippen molar-refractivity contribution in [1.29, 1.82) is 0 Å². The predicted molar refractivity (Wildman–Crippen MR) is 184 cm³/mol. The second-order valence-electron chi connectivity index (χ2n) is 15.1. The van der Waals surface area contributed by atoms with E-state index in [0.29, 0.717) is 25.1 Å². The third-order valence-corrected chi connectivity index (χ3v) is 12.0. The number of benzene rings is 1. The molecular formula is C36H47N5O7S. The second-order valence-corrected chi connectivity index (χ2v) is 17.1. The van der Waals surface area contributed by atoms with E-state index in [1.54, 1.807) is 6.20 Å². The Morgan fingerprint density at radius 2 is 1.84 bits per heavy atom. The van der Waals surface area contributed by atoms with Crippen LogP contribution in [0.25, 0.3) is 10.8 Å². The minimum atomic E-state index is -3.87. The molecule has 2 aromatic rings. The molecule has 3 fully saturated rings. The van der Waals surface area contributed by atoms with E-state index < -0.39 is 68.1 Å². The number of rotatable bonds is 6. The van der Waals surface area contributed by atoms with Crippen molar-refractivity contribution in [1.82, 2.24) is 25.2 Å². The zero-order chi connectivity index (χ0) is 35.1. The quantitative estimate of drug-likeness (QED) is 0.388. The molecule has 0 spiro atoms. The summed E-state index contributed by atoms with van der Waals surface area (Å²) in [6.07, 6.45) is 8.45. The maximum atomic E-state index is 14.4. The van der Waals surface area contributed by atoms with Gasteiger partial charge in [0.1, 0.15) is 23.7 Å². The number of amides is 4. The minimum Gasteiger partial charge on any atom is -0.472 e. The summed E-state index contributed by atoms with van der Waals surface area (Å²) in [5.74, 6) is -2.18. The van der Waals surface area contributed by atoms with E-state index in [1.165, 1.54) is 11.0 Å². The Kier molecular flexibility index (Phi) is 9.51. The number of carbonyl (C=O) groups excluding carboxylic acids is 4. The van der Waals surface area contributed by atoms with E-state index >= 15 is 0 Å². The summed E-state index contributed by atoms with van der Waals surface area (Å²) in [5, 5.41) is 6.95. The molecule has 3 heterocycles. The number of ether oxygens (including phenoxy) is 1. The van der Waals surface area contributed by atoms with Crippen molar-refractivity contribution in [3.8, 4) is 5.88 Å². The Morgan fingerprint density at radius 1 is 1.10 bits per heavy atom. The summed E-state index contributed by atoms with van der Waals surface area (Å²) in [5.41, 5.74) is -1.05. The normalized spacial score (nSPS) is 28.2. The van der Waals surface area contributed by atoms with Gasteiger partial charge in [0.15, 0.2) is 0 Å². The van der Waals surface area contributed by atoms with Crippen LogP contribution in [0.15, 0.2) is 43.1 Å². The summed E-state index contributed by atoms with van der Waals surface area (Å²) in [7, 11) is -3.87. The molecule has 1 aromatic carbocycles. The smallest absolute Gasteiger partial charge is 0.259 e. The number of carbonyl (C=O) groups is 4. The zero-order valence-electron chi connectivity index (χ0n) is 28.5. The third kappa shape index (κ3) is 7.46. The van der Waals surface area contributed by atoms with Gasteiger partial charge in [-0.25, -0.2) is 13.4 Å². The highest BCUT2D eigenvalue weighted by molar-refractivity contribution is 7.91. The molecule has 4 amide bonds. The molecule has 13 heteroatoms. The van der Waals surface area contributed by atoms with Crippen LogP contribution >= 0.6 is 0 Å². The van der Waals surface area contributed by atoms with Crippen LogP contribution in [-0.2, 0) is 35.6 Å². The topological polar surface area (TPSA) is 164 Å². The lowest BCUT2D eigenvalue weighted by molar-refractivity contribution is -0.144. The van der Waals surface area contributed by atoms with Crippen LogP contribution in [-0.4, -0.2) is 77.5 Å². The molecule has 49 heavy (non-hydrogen) atoms. The van der Waals surface area contributed by atoms with Crippen LogP contribution in [0.5, 0.6) is 5.88 Å². The fraction of sp³-hybridized carbons (Fsp3) is 0.583. The monoisotopic (exact) mass is 693 g/mol. The van der Waals surface area contributed by atoms with Gasteiger partial charge in [-0.3, -0.25) is 23.9 Å². The summed E-state index contributed by atoms with van der Waals surface area (Å²) < 4.78 is 34.0. The molecule has 2 aliphatic heterocycles. The number of sulfonamides is 1. The van der Waals surface area contributed by atoms with Crippen LogP contribution in [0.1, 0.15) is 84.1 Å². The van der Waals surface area contributed by atoms with Gasteiger partial charge >= 0.3 is 0 Å². The van der Waals surface area contributed by atoms with Crippen LogP contribution in [0.3, 0.4) is 0 Å². The summed E-state index contributed by atoms with van der Waals surface area (Å²) >= 11 is 0. The SMILES string of the molecule is C=C[C@@H]1CC1(NC(=O)[C@@H]1C[C@@H]2CN1C(=O)[C@H](C(C)(C)C)NC(=O)CCCCCCc1ccc3ccnc(c3c1)O2)C(=O)NS(=O)(=O)C1CC1. The molecule has 12 nitrogen and oxygen atoms in total. The van der Waals surface area contributed by atoms with Crippen molar-refractivity contribution >= 4 is 44.4 Å².